The number of likely N-dealkylation sites (tertiary alicyclic amines) is 1. The van der Waals surface area contributed by atoms with Gasteiger partial charge >= 0.3 is 0 Å². The lowest BCUT2D eigenvalue weighted by molar-refractivity contribution is -0.129. The minimum absolute atomic E-state index is 0.180. The summed E-state index contributed by atoms with van der Waals surface area (Å²) < 4.78 is 19.2. The summed E-state index contributed by atoms with van der Waals surface area (Å²) in [5.74, 6) is 0.701. The zero-order valence-electron chi connectivity index (χ0n) is 15.1. The second-order valence-corrected chi connectivity index (χ2v) is 6.14. The van der Waals surface area contributed by atoms with E-state index in [1.807, 2.05) is 18.7 Å². The zero-order chi connectivity index (χ0) is 18.2. The Morgan fingerprint density at radius 2 is 2.24 bits per heavy atom. The summed E-state index contributed by atoms with van der Waals surface area (Å²) in [6, 6.07) is 6.54. The van der Waals surface area contributed by atoms with Gasteiger partial charge in [-0.15, -0.1) is 0 Å². The summed E-state index contributed by atoms with van der Waals surface area (Å²) in [7, 11) is 1.70. The maximum Gasteiger partial charge on any atom is 0.222 e. The highest BCUT2D eigenvalue weighted by molar-refractivity contribution is 5.80. The number of hydrogen-bond acceptors (Lipinski definition) is 3. The van der Waals surface area contributed by atoms with E-state index in [-0.39, 0.29) is 29.6 Å². The van der Waals surface area contributed by atoms with Crippen LogP contribution in [0, 0.1) is 5.82 Å². The Morgan fingerprint density at radius 3 is 2.92 bits per heavy atom. The average Bonchev–Trinajstić information content (AvgIpc) is 3.08. The fourth-order valence-corrected chi connectivity index (χ4v) is 2.76. The molecule has 138 valence electrons. The van der Waals surface area contributed by atoms with Gasteiger partial charge in [0.25, 0.3) is 0 Å². The Labute approximate surface area is 148 Å². The third kappa shape index (κ3) is 5.62. The second kappa shape index (κ2) is 9.25. The number of rotatable bonds is 6. The molecule has 1 aromatic rings. The molecule has 7 heteroatoms. The van der Waals surface area contributed by atoms with Crippen molar-refractivity contribution in [2.45, 2.75) is 38.8 Å². The normalized spacial score (nSPS) is 18.8. The van der Waals surface area contributed by atoms with Crippen molar-refractivity contribution in [2.24, 2.45) is 4.99 Å². The Hall–Kier alpha value is -2.31. The highest BCUT2D eigenvalue weighted by Crippen LogP contribution is 2.16. The molecule has 6 nitrogen and oxygen atoms in total. The summed E-state index contributed by atoms with van der Waals surface area (Å²) in [5, 5.41) is 6.50. The van der Waals surface area contributed by atoms with E-state index in [1.54, 1.807) is 25.2 Å². The molecular formula is C18H27FN4O2. The summed E-state index contributed by atoms with van der Waals surface area (Å²) in [6.45, 7) is 5.69. The topological polar surface area (TPSA) is 66.0 Å². The van der Waals surface area contributed by atoms with Crippen LogP contribution in [0.2, 0.25) is 0 Å². The fourth-order valence-electron chi connectivity index (χ4n) is 2.76. The Balaban J connectivity index is 1.77. The second-order valence-electron chi connectivity index (χ2n) is 6.14. The highest BCUT2D eigenvalue weighted by Gasteiger charge is 2.25. The van der Waals surface area contributed by atoms with Gasteiger partial charge in [-0.05, 0) is 25.5 Å². The average molecular weight is 350 g/mol. The van der Waals surface area contributed by atoms with E-state index in [4.69, 9.17) is 4.74 Å². The van der Waals surface area contributed by atoms with Gasteiger partial charge in [-0.2, -0.15) is 0 Å². The predicted octanol–water partition coefficient (Wildman–Crippen LogP) is 1.77. The predicted molar refractivity (Wildman–Crippen MR) is 96.3 cm³/mol. The van der Waals surface area contributed by atoms with Crippen molar-refractivity contribution in [3.8, 4) is 5.75 Å². The molecule has 2 unspecified atom stereocenters. The molecule has 0 saturated carbocycles. The molecule has 0 radical (unpaired) electrons. The summed E-state index contributed by atoms with van der Waals surface area (Å²) in [5.41, 5.74) is 0. The molecule has 1 aromatic carbocycles. The Bertz CT molecular complexity index is 608. The van der Waals surface area contributed by atoms with E-state index < -0.39 is 0 Å². The Kier molecular flexibility index (Phi) is 7.03. The van der Waals surface area contributed by atoms with Crippen molar-refractivity contribution in [1.82, 2.24) is 15.5 Å². The SMILES string of the molecule is CCC(=O)N1CCC(NC(=NC)NCC(C)Oc2ccccc2F)C1. The monoisotopic (exact) mass is 350 g/mol. The van der Waals surface area contributed by atoms with Gasteiger partial charge in [0, 0.05) is 32.6 Å². The quantitative estimate of drug-likeness (QED) is 0.606. The summed E-state index contributed by atoms with van der Waals surface area (Å²) in [4.78, 5) is 17.8. The first-order chi connectivity index (χ1) is 12.0. The molecule has 1 heterocycles. The van der Waals surface area contributed by atoms with Gasteiger partial charge in [-0.3, -0.25) is 9.79 Å². The van der Waals surface area contributed by atoms with Crippen LogP contribution in [0.25, 0.3) is 0 Å². The lowest BCUT2D eigenvalue weighted by Gasteiger charge is -2.21. The van der Waals surface area contributed by atoms with Crippen LogP contribution in [0.5, 0.6) is 5.75 Å². The molecule has 2 rings (SSSR count). The van der Waals surface area contributed by atoms with Crippen molar-refractivity contribution in [3.05, 3.63) is 30.1 Å². The number of para-hydroxylation sites is 1. The maximum atomic E-state index is 13.6. The van der Waals surface area contributed by atoms with Crippen molar-refractivity contribution in [1.29, 1.82) is 0 Å². The molecule has 2 atom stereocenters. The van der Waals surface area contributed by atoms with Crippen LogP contribution in [-0.4, -0.2) is 55.6 Å². The number of halogens is 1. The first-order valence-corrected chi connectivity index (χ1v) is 8.69. The number of nitrogens with one attached hydrogen (secondary N) is 2. The lowest BCUT2D eigenvalue weighted by atomic mass is 10.3. The lowest BCUT2D eigenvalue weighted by Crippen LogP contribution is -2.47. The van der Waals surface area contributed by atoms with E-state index in [2.05, 4.69) is 15.6 Å². The van der Waals surface area contributed by atoms with Crippen molar-refractivity contribution in [2.75, 3.05) is 26.7 Å². The van der Waals surface area contributed by atoms with Gasteiger partial charge in [-0.25, -0.2) is 4.39 Å². The number of amides is 1. The minimum Gasteiger partial charge on any atom is -0.486 e. The zero-order valence-corrected chi connectivity index (χ0v) is 15.1. The number of carbonyl (C=O) groups is 1. The van der Waals surface area contributed by atoms with Crippen LogP contribution in [0.4, 0.5) is 4.39 Å². The Morgan fingerprint density at radius 1 is 1.48 bits per heavy atom. The molecule has 2 N–H and O–H groups in total. The first kappa shape index (κ1) is 19.0. The van der Waals surface area contributed by atoms with Crippen LogP contribution >= 0.6 is 0 Å². The van der Waals surface area contributed by atoms with Gasteiger partial charge in [-0.1, -0.05) is 19.1 Å². The van der Waals surface area contributed by atoms with Crippen LogP contribution < -0.4 is 15.4 Å². The van der Waals surface area contributed by atoms with Gasteiger partial charge < -0.3 is 20.3 Å². The maximum absolute atomic E-state index is 13.6. The van der Waals surface area contributed by atoms with Crippen LogP contribution in [0.3, 0.4) is 0 Å². The molecule has 1 aliphatic heterocycles. The van der Waals surface area contributed by atoms with Gasteiger partial charge in [0.05, 0.1) is 6.54 Å². The molecule has 0 aromatic heterocycles. The van der Waals surface area contributed by atoms with Crippen molar-refractivity contribution >= 4 is 11.9 Å². The van der Waals surface area contributed by atoms with E-state index >= 15 is 0 Å². The smallest absolute Gasteiger partial charge is 0.222 e. The standard InChI is InChI=1S/C18H27FN4O2/c1-4-17(24)23-10-9-14(12-23)22-18(20-3)21-11-13(2)25-16-8-6-5-7-15(16)19/h5-8,13-14H,4,9-12H2,1-3H3,(H2,20,21,22). The molecule has 25 heavy (non-hydrogen) atoms. The van der Waals surface area contributed by atoms with Crippen molar-refractivity contribution < 1.29 is 13.9 Å². The summed E-state index contributed by atoms with van der Waals surface area (Å²) in [6.07, 6.45) is 1.20. The van der Waals surface area contributed by atoms with Crippen molar-refractivity contribution in [3.63, 3.8) is 0 Å². The van der Waals surface area contributed by atoms with Crippen LogP contribution in [0.1, 0.15) is 26.7 Å². The number of nitrogens with zero attached hydrogens (tertiary/aromatic N) is 2. The highest BCUT2D eigenvalue weighted by atomic mass is 19.1. The number of carbonyl (C=O) groups excluding carboxylic acids is 1. The fraction of sp³-hybridized carbons (Fsp3) is 0.556. The molecular weight excluding hydrogens is 323 g/mol. The van der Waals surface area contributed by atoms with E-state index in [0.717, 1.165) is 13.0 Å². The third-order valence-electron chi connectivity index (χ3n) is 4.13. The van der Waals surface area contributed by atoms with Crippen LogP contribution in [-0.2, 0) is 4.79 Å². The molecule has 0 bridgehead atoms. The molecule has 0 aliphatic carbocycles. The van der Waals surface area contributed by atoms with Gasteiger partial charge in [0.15, 0.2) is 17.5 Å². The summed E-state index contributed by atoms with van der Waals surface area (Å²) >= 11 is 0. The van der Waals surface area contributed by atoms with E-state index in [0.29, 0.717) is 25.5 Å². The largest absolute Gasteiger partial charge is 0.486 e. The third-order valence-corrected chi connectivity index (χ3v) is 4.13. The number of hydrogen-bond donors (Lipinski definition) is 2. The number of benzene rings is 1. The minimum atomic E-state index is -0.372. The number of guanidine groups is 1. The first-order valence-electron chi connectivity index (χ1n) is 8.69. The van der Waals surface area contributed by atoms with Gasteiger partial charge in [0.1, 0.15) is 6.10 Å². The van der Waals surface area contributed by atoms with Crippen LogP contribution in [0.15, 0.2) is 29.3 Å². The number of ether oxygens (including phenoxy) is 1. The molecule has 1 aliphatic rings. The molecule has 0 spiro atoms. The number of aliphatic imine (C=N–C) groups is 1. The molecule has 1 fully saturated rings. The molecule has 1 saturated heterocycles. The van der Waals surface area contributed by atoms with E-state index in [1.165, 1.54) is 6.07 Å². The van der Waals surface area contributed by atoms with Gasteiger partial charge in [0.2, 0.25) is 5.91 Å². The van der Waals surface area contributed by atoms with E-state index in [9.17, 15) is 9.18 Å². The molecule has 1 amide bonds.